The number of benzene rings is 1. The van der Waals surface area contributed by atoms with Crippen LogP contribution >= 0.6 is 15.9 Å². The third-order valence-electron chi connectivity index (χ3n) is 2.30. The van der Waals surface area contributed by atoms with E-state index in [9.17, 15) is 14.9 Å². The quantitative estimate of drug-likeness (QED) is 0.369. The van der Waals surface area contributed by atoms with E-state index in [-0.39, 0.29) is 11.6 Å². The number of halogens is 1. The molecule has 17 heavy (non-hydrogen) atoms. The normalized spacial score (nSPS) is 11.6. The molecule has 0 aliphatic rings. The van der Waals surface area contributed by atoms with Gasteiger partial charge in [-0.2, -0.15) is 0 Å². The molecule has 0 atom stereocenters. The number of rotatable bonds is 4. The van der Waals surface area contributed by atoms with Crippen molar-refractivity contribution in [3.8, 4) is 0 Å². The maximum atomic E-state index is 10.8. The summed E-state index contributed by atoms with van der Waals surface area (Å²) in [7, 11) is 0. The fourth-order valence-corrected chi connectivity index (χ4v) is 1.68. The molecular formula is C12H12BrNO3. The van der Waals surface area contributed by atoms with Crippen LogP contribution in [-0.4, -0.2) is 11.2 Å². The summed E-state index contributed by atoms with van der Waals surface area (Å²) >= 11 is 3.11. The number of carbonyl (C=O) groups excluding carboxylic acids is 1. The van der Waals surface area contributed by atoms with E-state index >= 15 is 0 Å². The molecule has 0 heterocycles. The summed E-state index contributed by atoms with van der Waals surface area (Å²) in [5, 5.41) is 10.7. The monoisotopic (exact) mass is 297 g/mol. The van der Waals surface area contributed by atoms with Gasteiger partial charge in [-0.25, -0.2) is 0 Å². The van der Waals surface area contributed by atoms with Crippen LogP contribution in [-0.2, 0) is 4.79 Å². The summed E-state index contributed by atoms with van der Waals surface area (Å²) < 4.78 is 0.428. The second-order valence-electron chi connectivity index (χ2n) is 3.88. The largest absolute Gasteiger partial charge is 0.298 e. The molecule has 1 aromatic rings. The van der Waals surface area contributed by atoms with Gasteiger partial charge in [0, 0.05) is 6.07 Å². The number of nitro benzene ring substituents is 1. The third kappa shape index (κ3) is 3.49. The van der Waals surface area contributed by atoms with Crippen LogP contribution in [0.5, 0.6) is 0 Å². The van der Waals surface area contributed by atoms with Gasteiger partial charge in [-0.05, 0) is 45.1 Å². The Hall–Kier alpha value is -1.49. The summed E-state index contributed by atoms with van der Waals surface area (Å²) in [5.41, 5.74) is 1.25. The molecule has 0 fully saturated rings. The summed E-state index contributed by atoms with van der Waals surface area (Å²) in [5.74, 6) is 0.0928. The second kappa shape index (κ2) is 5.72. The average Bonchev–Trinajstić information content (AvgIpc) is 2.27. The van der Waals surface area contributed by atoms with Crippen LogP contribution in [0.1, 0.15) is 19.4 Å². The van der Waals surface area contributed by atoms with Crippen molar-refractivity contribution in [3.05, 3.63) is 43.9 Å². The number of nitro groups is 1. The summed E-state index contributed by atoms with van der Waals surface area (Å²) in [6.45, 7) is 3.79. The van der Waals surface area contributed by atoms with Gasteiger partial charge in [0.25, 0.3) is 5.69 Å². The first-order valence-electron chi connectivity index (χ1n) is 5.06. The third-order valence-corrected chi connectivity index (χ3v) is 2.97. The molecule has 0 N–H and O–H groups in total. The van der Waals surface area contributed by atoms with Crippen molar-refractivity contribution in [1.29, 1.82) is 0 Å². The topological polar surface area (TPSA) is 60.2 Å². The van der Waals surface area contributed by atoms with Gasteiger partial charge < -0.3 is 0 Å². The smallest absolute Gasteiger partial charge is 0.284 e. The highest BCUT2D eigenvalue weighted by Gasteiger charge is 2.12. The van der Waals surface area contributed by atoms with Crippen LogP contribution in [0.4, 0.5) is 5.69 Å². The van der Waals surface area contributed by atoms with Crippen LogP contribution in [0.15, 0.2) is 28.2 Å². The Balaban J connectivity index is 3.20. The van der Waals surface area contributed by atoms with Crippen molar-refractivity contribution in [2.45, 2.75) is 13.8 Å². The summed E-state index contributed by atoms with van der Waals surface area (Å²) in [6.07, 6.45) is 2.44. The van der Waals surface area contributed by atoms with Crippen molar-refractivity contribution < 1.29 is 9.72 Å². The first kappa shape index (κ1) is 13.6. The van der Waals surface area contributed by atoms with Gasteiger partial charge in [-0.15, -0.1) is 0 Å². The van der Waals surface area contributed by atoms with Gasteiger partial charge in [0.05, 0.1) is 9.40 Å². The van der Waals surface area contributed by atoms with Crippen LogP contribution in [0, 0.1) is 16.0 Å². The zero-order chi connectivity index (χ0) is 13.0. The Morgan fingerprint density at radius 2 is 2.12 bits per heavy atom. The predicted molar refractivity (Wildman–Crippen MR) is 69.7 cm³/mol. The lowest BCUT2D eigenvalue weighted by Crippen LogP contribution is -1.95. The highest BCUT2D eigenvalue weighted by molar-refractivity contribution is 9.10. The number of nitrogens with zero attached hydrogens (tertiary/aromatic N) is 1. The van der Waals surface area contributed by atoms with E-state index in [1.807, 2.05) is 13.8 Å². The Morgan fingerprint density at radius 1 is 1.47 bits per heavy atom. The fourth-order valence-electron chi connectivity index (χ4n) is 1.29. The molecular weight excluding hydrogens is 286 g/mol. The Bertz CT molecular complexity index is 481. The van der Waals surface area contributed by atoms with Crippen molar-refractivity contribution in [2.75, 3.05) is 0 Å². The molecule has 0 aliphatic carbocycles. The van der Waals surface area contributed by atoms with Crippen LogP contribution < -0.4 is 0 Å². The van der Waals surface area contributed by atoms with Crippen molar-refractivity contribution in [3.63, 3.8) is 0 Å². The van der Waals surface area contributed by atoms with E-state index in [1.165, 1.54) is 6.07 Å². The molecule has 5 heteroatoms. The Morgan fingerprint density at radius 3 is 2.59 bits per heavy atom. The lowest BCUT2D eigenvalue weighted by molar-refractivity contribution is -0.385. The molecule has 0 bridgehead atoms. The lowest BCUT2D eigenvalue weighted by Gasteiger charge is -2.04. The number of carbonyl (C=O) groups is 1. The molecule has 1 rings (SSSR count). The van der Waals surface area contributed by atoms with Crippen molar-refractivity contribution in [2.24, 2.45) is 5.92 Å². The zero-order valence-corrected chi connectivity index (χ0v) is 11.1. The van der Waals surface area contributed by atoms with Crippen LogP contribution in [0.25, 0.3) is 6.08 Å². The predicted octanol–water partition coefficient (Wildman–Crippen LogP) is 3.60. The highest BCUT2D eigenvalue weighted by Crippen LogP contribution is 2.26. The molecule has 90 valence electrons. The van der Waals surface area contributed by atoms with Crippen molar-refractivity contribution >= 4 is 34.0 Å². The van der Waals surface area contributed by atoms with Gasteiger partial charge in [0.1, 0.15) is 6.29 Å². The molecule has 1 aromatic carbocycles. The van der Waals surface area contributed by atoms with Crippen LogP contribution in [0.2, 0.25) is 0 Å². The fraction of sp³-hybridized carbons (Fsp3) is 0.250. The van der Waals surface area contributed by atoms with E-state index in [1.54, 1.807) is 18.2 Å². The molecule has 4 nitrogen and oxygen atoms in total. The maximum Gasteiger partial charge on any atom is 0.284 e. The second-order valence-corrected chi connectivity index (χ2v) is 4.74. The first-order chi connectivity index (χ1) is 7.95. The minimum absolute atomic E-state index is 0.00671. The highest BCUT2D eigenvalue weighted by atomic mass is 79.9. The summed E-state index contributed by atoms with van der Waals surface area (Å²) in [6, 6.07) is 4.77. The number of hydrogen-bond donors (Lipinski definition) is 0. The van der Waals surface area contributed by atoms with Gasteiger partial charge >= 0.3 is 0 Å². The molecule has 0 saturated carbocycles. The molecule has 0 aliphatic heterocycles. The van der Waals surface area contributed by atoms with E-state index in [2.05, 4.69) is 15.9 Å². The standard InChI is InChI=1S/C12H12BrNO3/c1-8(2)10(7-15)5-9-3-4-11(13)12(6-9)14(16)17/h3-8H,1-2H3. The zero-order valence-electron chi connectivity index (χ0n) is 9.51. The molecule has 0 amide bonds. The molecule has 0 aromatic heterocycles. The first-order valence-corrected chi connectivity index (χ1v) is 5.85. The van der Waals surface area contributed by atoms with Gasteiger partial charge in [0.2, 0.25) is 0 Å². The average molecular weight is 298 g/mol. The summed E-state index contributed by atoms with van der Waals surface area (Å²) in [4.78, 5) is 21.1. The van der Waals surface area contributed by atoms with E-state index in [0.29, 0.717) is 15.6 Å². The van der Waals surface area contributed by atoms with Gasteiger partial charge in [-0.3, -0.25) is 14.9 Å². The maximum absolute atomic E-state index is 10.8. The van der Waals surface area contributed by atoms with Crippen LogP contribution in [0.3, 0.4) is 0 Å². The molecule has 0 radical (unpaired) electrons. The Kier molecular flexibility index (Phi) is 4.57. The van der Waals surface area contributed by atoms with E-state index < -0.39 is 4.92 Å². The SMILES string of the molecule is CC(C)C(C=O)=Cc1ccc(Br)c([N+](=O)[O-])c1. The molecule has 0 unspecified atom stereocenters. The van der Waals surface area contributed by atoms with E-state index in [0.717, 1.165) is 6.29 Å². The minimum Gasteiger partial charge on any atom is -0.298 e. The number of allylic oxidation sites excluding steroid dienone is 1. The number of hydrogen-bond acceptors (Lipinski definition) is 3. The minimum atomic E-state index is -0.461. The molecule has 0 spiro atoms. The van der Waals surface area contributed by atoms with Gasteiger partial charge in [0.15, 0.2) is 0 Å². The van der Waals surface area contributed by atoms with E-state index in [4.69, 9.17) is 0 Å². The Labute approximate surface area is 108 Å². The van der Waals surface area contributed by atoms with Gasteiger partial charge in [-0.1, -0.05) is 19.9 Å². The number of aldehydes is 1. The lowest BCUT2D eigenvalue weighted by atomic mass is 10.0. The molecule has 0 saturated heterocycles. The van der Waals surface area contributed by atoms with Crippen molar-refractivity contribution in [1.82, 2.24) is 0 Å².